The van der Waals surface area contributed by atoms with Crippen LogP contribution in [-0.2, 0) is 17.6 Å². The second-order valence-electron chi connectivity index (χ2n) is 5.68. The minimum Gasteiger partial charge on any atom is -0.493 e. The third-order valence-corrected chi connectivity index (χ3v) is 3.79. The molecule has 0 aliphatic carbocycles. The van der Waals surface area contributed by atoms with Crippen LogP contribution in [0.5, 0.6) is 17.2 Å². The highest BCUT2D eigenvalue weighted by molar-refractivity contribution is 5.67. The van der Waals surface area contributed by atoms with Crippen LogP contribution in [0.3, 0.4) is 0 Å². The fourth-order valence-electron chi connectivity index (χ4n) is 2.51. The Morgan fingerprint density at radius 3 is 2.50 bits per heavy atom. The van der Waals surface area contributed by atoms with Crippen molar-refractivity contribution in [3.05, 3.63) is 66.2 Å². The molecule has 0 bridgehead atoms. The van der Waals surface area contributed by atoms with E-state index in [-0.39, 0.29) is 6.42 Å². The summed E-state index contributed by atoms with van der Waals surface area (Å²) in [6, 6.07) is 13.3. The molecule has 0 aromatic heterocycles. The number of carboxylic acids is 1. The molecule has 26 heavy (non-hydrogen) atoms. The molecule has 5 nitrogen and oxygen atoms in total. The molecule has 0 saturated heterocycles. The molecule has 2 aromatic rings. The normalized spacial score (nSPS) is 10.2. The summed E-state index contributed by atoms with van der Waals surface area (Å²) in [5.74, 6) is 1.18. The summed E-state index contributed by atoms with van der Waals surface area (Å²) in [6.07, 6.45) is 3.11. The van der Waals surface area contributed by atoms with Crippen LogP contribution in [0, 0.1) is 0 Å². The second-order valence-corrected chi connectivity index (χ2v) is 5.68. The monoisotopic (exact) mass is 356 g/mol. The maximum absolute atomic E-state index is 10.7. The number of benzene rings is 2. The van der Waals surface area contributed by atoms with Gasteiger partial charge < -0.3 is 19.3 Å². The second kappa shape index (κ2) is 10.1. The number of aryl methyl sites for hydroxylation is 1. The van der Waals surface area contributed by atoms with Crippen LogP contribution in [-0.4, -0.2) is 31.4 Å². The maximum Gasteiger partial charge on any atom is 0.303 e. The molecule has 0 aliphatic rings. The summed E-state index contributed by atoms with van der Waals surface area (Å²) in [5, 5.41) is 8.81. The zero-order valence-corrected chi connectivity index (χ0v) is 14.9. The summed E-state index contributed by atoms with van der Waals surface area (Å²) in [7, 11) is 1.57. The Labute approximate surface area is 153 Å². The molecule has 0 spiro atoms. The predicted molar refractivity (Wildman–Crippen MR) is 100 cm³/mol. The molecule has 0 saturated carbocycles. The molecule has 0 heterocycles. The number of aliphatic carboxylic acids is 1. The summed E-state index contributed by atoms with van der Waals surface area (Å²) in [5.41, 5.74) is 1.97. The molecule has 2 aromatic carbocycles. The SMILES string of the molecule is C=CCc1ccccc1OCCOc1cc(CCC(=O)O)ccc1OC. The predicted octanol–water partition coefficient (Wildman–Crippen LogP) is 3.90. The number of carbonyl (C=O) groups is 1. The Morgan fingerprint density at radius 1 is 1.08 bits per heavy atom. The number of methoxy groups -OCH3 is 1. The molecule has 2 rings (SSSR count). The van der Waals surface area contributed by atoms with Crippen LogP contribution in [0.1, 0.15) is 17.5 Å². The van der Waals surface area contributed by atoms with E-state index in [1.54, 1.807) is 13.2 Å². The van der Waals surface area contributed by atoms with Gasteiger partial charge in [-0.15, -0.1) is 6.58 Å². The van der Waals surface area contributed by atoms with E-state index in [4.69, 9.17) is 19.3 Å². The van der Waals surface area contributed by atoms with Gasteiger partial charge in [0.05, 0.1) is 7.11 Å². The van der Waals surface area contributed by atoms with Gasteiger partial charge in [0.25, 0.3) is 0 Å². The van der Waals surface area contributed by atoms with Crippen molar-refractivity contribution in [3.63, 3.8) is 0 Å². The smallest absolute Gasteiger partial charge is 0.303 e. The van der Waals surface area contributed by atoms with E-state index in [1.807, 2.05) is 42.5 Å². The lowest BCUT2D eigenvalue weighted by atomic mass is 10.1. The number of hydrogen-bond donors (Lipinski definition) is 1. The van der Waals surface area contributed by atoms with Gasteiger partial charge in [0.1, 0.15) is 19.0 Å². The Morgan fingerprint density at radius 2 is 1.81 bits per heavy atom. The van der Waals surface area contributed by atoms with Crippen LogP contribution < -0.4 is 14.2 Å². The Bertz CT molecular complexity index is 739. The number of rotatable bonds is 11. The first-order valence-electron chi connectivity index (χ1n) is 8.47. The van der Waals surface area contributed by atoms with Crippen molar-refractivity contribution in [3.8, 4) is 17.2 Å². The molecule has 0 atom stereocenters. The molecule has 0 radical (unpaired) electrons. The molecule has 138 valence electrons. The van der Waals surface area contributed by atoms with Crippen LogP contribution in [0.4, 0.5) is 0 Å². The van der Waals surface area contributed by atoms with Crippen LogP contribution >= 0.6 is 0 Å². The van der Waals surface area contributed by atoms with Gasteiger partial charge in [-0.3, -0.25) is 4.79 Å². The first-order chi connectivity index (χ1) is 12.6. The fraction of sp³-hybridized carbons (Fsp3) is 0.286. The van der Waals surface area contributed by atoms with Crippen molar-refractivity contribution >= 4 is 5.97 Å². The molecular weight excluding hydrogens is 332 g/mol. The summed E-state index contributed by atoms with van der Waals surface area (Å²) < 4.78 is 16.9. The van der Waals surface area contributed by atoms with E-state index < -0.39 is 5.97 Å². The van der Waals surface area contributed by atoms with Crippen molar-refractivity contribution in [2.24, 2.45) is 0 Å². The quantitative estimate of drug-likeness (QED) is 0.489. The summed E-state index contributed by atoms with van der Waals surface area (Å²) in [6.45, 7) is 4.49. The molecule has 0 fully saturated rings. The van der Waals surface area contributed by atoms with Gasteiger partial charge in [-0.25, -0.2) is 0 Å². The van der Waals surface area contributed by atoms with E-state index in [1.165, 1.54) is 0 Å². The molecular formula is C21H24O5. The largest absolute Gasteiger partial charge is 0.493 e. The average Bonchev–Trinajstić information content (AvgIpc) is 2.65. The molecule has 0 amide bonds. The highest BCUT2D eigenvalue weighted by Gasteiger charge is 2.08. The van der Waals surface area contributed by atoms with Crippen molar-refractivity contribution in [2.45, 2.75) is 19.3 Å². The van der Waals surface area contributed by atoms with Crippen molar-refractivity contribution in [1.29, 1.82) is 0 Å². The van der Waals surface area contributed by atoms with Crippen LogP contribution in [0.15, 0.2) is 55.1 Å². The van der Waals surface area contributed by atoms with E-state index >= 15 is 0 Å². The molecule has 1 N–H and O–H groups in total. The van der Waals surface area contributed by atoms with Crippen molar-refractivity contribution in [1.82, 2.24) is 0 Å². The zero-order chi connectivity index (χ0) is 18.8. The van der Waals surface area contributed by atoms with E-state index in [2.05, 4.69) is 6.58 Å². The minimum absolute atomic E-state index is 0.0783. The first-order valence-corrected chi connectivity index (χ1v) is 8.47. The molecule has 5 heteroatoms. The van der Waals surface area contributed by atoms with E-state index in [0.29, 0.717) is 31.1 Å². The topological polar surface area (TPSA) is 65.0 Å². The lowest BCUT2D eigenvalue weighted by Crippen LogP contribution is -2.10. The summed E-state index contributed by atoms with van der Waals surface area (Å²) >= 11 is 0. The number of carboxylic acid groups (broad SMARTS) is 1. The third kappa shape index (κ3) is 5.84. The van der Waals surface area contributed by atoms with Crippen molar-refractivity contribution in [2.75, 3.05) is 20.3 Å². The van der Waals surface area contributed by atoms with E-state index in [9.17, 15) is 4.79 Å². The van der Waals surface area contributed by atoms with Gasteiger partial charge in [0.15, 0.2) is 11.5 Å². The maximum atomic E-state index is 10.7. The fourth-order valence-corrected chi connectivity index (χ4v) is 2.51. The van der Waals surface area contributed by atoms with Gasteiger partial charge in [-0.1, -0.05) is 30.3 Å². The highest BCUT2D eigenvalue weighted by atomic mass is 16.5. The highest BCUT2D eigenvalue weighted by Crippen LogP contribution is 2.28. The minimum atomic E-state index is -0.824. The number of ether oxygens (including phenoxy) is 3. The summed E-state index contributed by atoms with van der Waals surface area (Å²) in [4.78, 5) is 10.7. The average molecular weight is 356 g/mol. The number of hydrogen-bond acceptors (Lipinski definition) is 4. The van der Waals surface area contributed by atoms with Gasteiger partial charge in [-0.05, 0) is 42.2 Å². The third-order valence-electron chi connectivity index (χ3n) is 3.79. The van der Waals surface area contributed by atoms with Gasteiger partial charge in [-0.2, -0.15) is 0 Å². The Hall–Kier alpha value is -2.95. The first kappa shape index (κ1) is 19.4. The standard InChI is InChI=1S/C21H24O5/c1-3-6-17-7-4-5-8-18(17)25-13-14-26-20-15-16(10-12-21(22)23)9-11-19(20)24-2/h3-5,7-9,11,15H,1,6,10,12-14H2,2H3,(H,22,23). The Balaban J connectivity index is 1.93. The lowest BCUT2D eigenvalue weighted by molar-refractivity contribution is -0.136. The van der Waals surface area contributed by atoms with Crippen LogP contribution in [0.2, 0.25) is 0 Å². The Kier molecular flexibility index (Phi) is 7.55. The number of para-hydroxylation sites is 1. The zero-order valence-electron chi connectivity index (χ0n) is 14.9. The molecule has 0 aliphatic heterocycles. The van der Waals surface area contributed by atoms with Gasteiger partial charge >= 0.3 is 5.97 Å². The van der Waals surface area contributed by atoms with E-state index in [0.717, 1.165) is 23.3 Å². The van der Waals surface area contributed by atoms with Crippen LogP contribution in [0.25, 0.3) is 0 Å². The lowest BCUT2D eigenvalue weighted by Gasteiger charge is -2.14. The van der Waals surface area contributed by atoms with Gasteiger partial charge in [0.2, 0.25) is 0 Å². The number of allylic oxidation sites excluding steroid dienone is 1. The van der Waals surface area contributed by atoms with Gasteiger partial charge in [0, 0.05) is 6.42 Å². The van der Waals surface area contributed by atoms with Crippen molar-refractivity contribution < 1.29 is 24.1 Å². The molecule has 0 unspecified atom stereocenters.